The molecular formula is C19H33N3O2S. The molecular weight excluding hydrogens is 334 g/mol. The first-order chi connectivity index (χ1) is 12.0. The zero-order valence-corrected chi connectivity index (χ0v) is 17.1. The monoisotopic (exact) mass is 367 g/mol. The lowest BCUT2D eigenvalue weighted by Crippen LogP contribution is -2.34. The maximum absolute atomic E-state index is 12.3. The number of rotatable bonds is 10. The molecule has 0 aliphatic rings. The van der Waals surface area contributed by atoms with Crippen molar-refractivity contribution < 1.29 is 9.53 Å². The molecule has 6 heteroatoms. The van der Waals surface area contributed by atoms with E-state index in [9.17, 15) is 4.79 Å². The molecule has 142 valence electrons. The summed E-state index contributed by atoms with van der Waals surface area (Å²) in [5.41, 5.74) is 0. The first-order valence-electron chi connectivity index (χ1n) is 9.24. The number of ether oxygens (including phenoxy) is 1. The van der Waals surface area contributed by atoms with Crippen LogP contribution >= 0.6 is 11.3 Å². The van der Waals surface area contributed by atoms with Crippen LogP contribution in [0.15, 0.2) is 22.5 Å². The predicted molar refractivity (Wildman–Crippen MR) is 106 cm³/mol. The van der Waals surface area contributed by atoms with Crippen molar-refractivity contribution in [3.05, 3.63) is 22.4 Å². The molecule has 1 atom stereocenters. The van der Waals surface area contributed by atoms with Crippen LogP contribution in [0.3, 0.4) is 0 Å². The molecule has 0 aliphatic heterocycles. The smallest absolute Gasteiger partial charge is 0.291 e. The predicted octanol–water partition coefficient (Wildman–Crippen LogP) is 4.02. The van der Waals surface area contributed by atoms with Crippen molar-refractivity contribution in [2.75, 3.05) is 26.2 Å². The van der Waals surface area contributed by atoms with Gasteiger partial charge < -0.3 is 9.64 Å². The summed E-state index contributed by atoms with van der Waals surface area (Å²) in [7, 11) is 0. The van der Waals surface area contributed by atoms with Crippen molar-refractivity contribution in [2.24, 2.45) is 10.9 Å². The van der Waals surface area contributed by atoms with E-state index in [-0.39, 0.29) is 11.9 Å². The van der Waals surface area contributed by atoms with E-state index in [0.717, 1.165) is 32.5 Å². The standard InChI is InChI=1S/C19H33N3O2S/c1-6-22(7-2)12-8-10-16(5)20-19(24-14-15(3)4)21-18(23)17-11-9-13-25-17/h9,11,13,15-16H,6-8,10,12,14H2,1-5H3,(H,20,21,23)/t16-/m0/s1. The van der Waals surface area contributed by atoms with E-state index in [4.69, 9.17) is 4.74 Å². The number of hydrogen-bond donors (Lipinski definition) is 1. The highest BCUT2D eigenvalue weighted by atomic mass is 32.1. The molecule has 25 heavy (non-hydrogen) atoms. The zero-order valence-electron chi connectivity index (χ0n) is 16.2. The molecule has 0 bridgehead atoms. The van der Waals surface area contributed by atoms with Crippen LogP contribution in [0.4, 0.5) is 0 Å². The molecule has 1 aromatic heterocycles. The maximum atomic E-state index is 12.3. The number of aliphatic imine (C=N–C) groups is 1. The van der Waals surface area contributed by atoms with Crippen LogP contribution in [0.1, 0.15) is 57.1 Å². The van der Waals surface area contributed by atoms with Crippen LogP contribution in [0.2, 0.25) is 0 Å². The SMILES string of the molecule is CCN(CC)CCC[C@H](C)N=C(NC(=O)c1cccs1)OCC(C)C. The average molecular weight is 368 g/mol. The summed E-state index contributed by atoms with van der Waals surface area (Å²) in [5, 5.41) is 4.70. The van der Waals surface area contributed by atoms with Gasteiger partial charge in [-0.25, -0.2) is 4.99 Å². The molecule has 0 aromatic carbocycles. The van der Waals surface area contributed by atoms with E-state index in [2.05, 4.69) is 49.8 Å². The van der Waals surface area contributed by atoms with Gasteiger partial charge in [0.1, 0.15) is 0 Å². The maximum Gasteiger partial charge on any atom is 0.291 e. The van der Waals surface area contributed by atoms with Crippen LogP contribution in [-0.4, -0.2) is 49.1 Å². The van der Waals surface area contributed by atoms with Crippen LogP contribution in [0.25, 0.3) is 0 Å². The summed E-state index contributed by atoms with van der Waals surface area (Å²) >= 11 is 1.41. The quantitative estimate of drug-likeness (QED) is 0.502. The topological polar surface area (TPSA) is 53.9 Å². The van der Waals surface area contributed by atoms with Gasteiger partial charge in [0.25, 0.3) is 11.9 Å². The average Bonchev–Trinajstić information content (AvgIpc) is 3.11. The second kappa shape index (κ2) is 12.0. The summed E-state index contributed by atoms with van der Waals surface area (Å²) in [6.07, 6.45) is 2.06. The summed E-state index contributed by atoms with van der Waals surface area (Å²) in [6.45, 7) is 14.4. The van der Waals surface area contributed by atoms with E-state index in [1.54, 1.807) is 6.07 Å². The van der Waals surface area contributed by atoms with E-state index in [1.165, 1.54) is 11.3 Å². The van der Waals surface area contributed by atoms with Crippen molar-refractivity contribution in [1.82, 2.24) is 10.2 Å². The highest BCUT2D eigenvalue weighted by molar-refractivity contribution is 7.12. The number of carbonyl (C=O) groups is 1. The third-order valence-electron chi connectivity index (χ3n) is 3.85. The number of hydrogen-bond acceptors (Lipinski definition) is 5. The Kier molecular flexibility index (Phi) is 10.4. The van der Waals surface area contributed by atoms with Crippen molar-refractivity contribution >= 4 is 23.3 Å². The molecule has 1 amide bonds. The molecule has 0 saturated heterocycles. The third kappa shape index (κ3) is 9.02. The molecule has 0 fully saturated rings. The van der Waals surface area contributed by atoms with Gasteiger partial charge in [0.2, 0.25) is 0 Å². The first kappa shape index (κ1) is 21.6. The van der Waals surface area contributed by atoms with Crippen LogP contribution in [-0.2, 0) is 4.74 Å². The normalized spacial score (nSPS) is 13.3. The molecule has 0 unspecified atom stereocenters. The Labute approximate surface area is 156 Å². The van der Waals surface area contributed by atoms with Gasteiger partial charge in [-0.2, -0.15) is 0 Å². The summed E-state index contributed by atoms with van der Waals surface area (Å²) < 4.78 is 5.72. The molecule has 1 N–H and O–H groups in total. The minimum absolute atomic E-state index is 0.112. The van der Waals surface area contributed by atoms with Gasteiger partial charge in [0.05, 0.1) is 17.5 Å². The molecule has 5 nitrogen and oxygen atoms in total. The van der Waals surface area contributed by atoms with Gasteiger partial charge in [-0.1, -0.05) is 33.8 Å². The van der Waals surface area contributed by atoms with Gasteiger partial charge in [0.15, 0.2) is 0 Å². The minimum atomic E-state index is -0.159. The van der Waals surface area contributed by atoms with E-state index in [1.807, 2.05) is 11.4 Å². The van der Waals surface area contributed by atoms with Crippen molar-refractivity contribution in [3.8, 4) is 0 Å². The molecule has 0 aliphatic carbocycles. The molecule has 1 rings (SSSR count). The number of nitrogens with one attached hydrogen (secondary N) is 1. The zero-order chi connectivity index (χ0) is 18.7. The fourth-order valence-electron chi connectivity index (χ4n) is 2.33. The number of carbonyl (C=O) groups excluding carboxylic acids is 1. The lowest BCUT2D eigenvalue weighted by Gasteiger charge is -2.19. The second-order valence-corrected chi connectivity index (χ2v) is 7.54. The Morgan fingerprint density at radius 2 is 2.04 bits per heavy atom. The number of nitrogens with zero attached hydrogens (tertiary/aromatic N) is 2. The van der Waals surface area contributed by atoms with Crippen molar-refractivity contribution in [1.29, 1.82) is 0 Å². The van der Waals surface area contributed by atoms with Crippen molar-refractivity contribution in [2.45, 2.75) is 53.5 Å². The first-order valence-corrected chi connectivity index (χ1v) is 10.1. The van der Waals surface area contributed by atoms with Crippen LogP contribution in [0, 0.1) is 5.92 Å². The van der Waals surface area contributed by atoms with Gasteiger partial charge in [-0.15, -0.1) is 11.3 Å². The molecule has 0 saturated carbocycles. The van der Waals surface area contributed by atoms with Crippen molar-refractivity contribution in [3.63, 3.8) is 0 Å². The Morgan fingerprint density at radius 1 is 1.32 bits per heavy atom. The van der Waals surface area contributed by atoms with E-state index >= 15 is 0 Å². The molecule has 1 heterocycles. The highest BCUT2D eigenvalue weighted by Crippen LogP contribution is 2.09. The number of thiophene rings is 1. The van der Waals surface area contributed by atoms with Crippen LogP contribution < -0.4 is 5.32 Å². The lowest BCUT2D eigenvalue weighted by atomic mass is 10.2. The van der Waals surface area contributed by atoms with Gasteiger partial charge >= 0.3 is 0 Å². The minimum Gasteiger partial charge on any atom is -0.465 e. The Bertz CT molecular complexity index is 511. The molecule has 1 aromatic rings. The Hall–Kier alpha value is -1.40. The van der Waals surface area contributed by atoms with E-state index < -0.39 is 0 Å². The van der Waals surface area contributed by atoms with E-state index in [0.29, 0.717) is 23.4 Å². The summed E-state index contributed by atoms with van der Waals surface area (Å²) in [5.74, 6) is 0.217. The van der Waals surface area contributed by atoms with Crippen LogP contribution in [0.5, 0.6) is 0 Å². The second-order valence-electron chi connectivity index (χ2n) is 6.59. The third-order valence-corrected chi connectivity index (χ3v) is 4.72. The number of amides is 1. The summed E-state index contributed by atoms with van der Waals surface area (Å²) in [4.78, 5) is 19.9. The number of amidine groups is 1. The Morgan fingerprint density at radius 3 is 2.60 bits per heavy atom. The van der Waals surface area contributed by atoms with Gasteiger partial charge in [-0.3, -0.25) is 10.1 Å². The largest absolute Gasteiger partial charge is 0.465 e. The fraction of sp³-hybridized carbons (Fsp3) is 0.684. The fourth-order valence-corrected chi connectivity index (χ4v) is 2.95. The lowest BCUT2D eigenvalue weighted by molar-refractivity contribution is 0.0967. The van der Waals surface area contributed by atoms with Gasteiger partial charge in [-0.05, 0) is 56.8 Å². The molecule has 0 spiro atoms. The Balaban J connectivity index is 2.60. The molecule has 0 radical (unpaired) electrons. The highest BCUT2D eigenvalue weighted by Gasteiger charge is 2.13. The van der Waals surface area contributed by atoms with Gasteiger partial charge in [0, 0.05) is 0 Å². The summed E-state index contributed by atoms with van der Waals surface area (Å²) in [6, 6.07) is 4.11.